The molecule has 6 nitrogen and oxygen atoms in total. The Kier molecular flexibility index (Phi) is 4.31. The molecule has 1 aliphatic rings. The summed E-state index contributed by atoms with van der Waals surface area (Å²) in [4.78, 5) is 4.02. The maximum Gasteiger partial charge on any atom is 0.262 e. The predicted molar refractivity (Wildman–Crippen MR) is 77.0 cm³/mol. The average molecular weight is 299 g/mol. The van der Waals surface area contributed by atoms with Crippen LogP contribution in [0, 0.1) is 0 Å². The third-order valence-electron chi connectivity index (χ3n) is 3.34. The summed E-state index contributed by atoms with van der Waals surface area (Å²) in [6.07, 6.45) is 2.81. The Morgan fingerprint density at radius 1 is 1.55 bits per heavy atom. The van der Waals surface area contributed by atoms with Gasteiger partial charge in [0.05, 0.1) is 11.3 Å². The van der Waals surface area contributed by atoms with Gasteiger partial charge < -0.3 is 10.4 Å². The number of hydrogen-bond donors (Lipinski definition) is 2. The van der Waals surface area contributed by atoms with Crippen molar-refractivity contribution in [1.29, 1.82) is 0 Å². The van der Waals surface area contributed by atoms with E-state index in [4.69, 9.17) is 0 Å². The number of anilines is 1. The summed E-state index contributed by atoms with van der Waals surface area (Å²) in [7, 11) is -3.67. The number of aliphatic hydroxyl groups is 1. The van der Waals surface area contributed by atoms with Crippen LogP contribution in [0.1, 0.15) is 26.7 Å². The van der Waals surface area contributed by atoms with Crippen LogP contribution in [0.5, 0.6) is 0 Å². The van der Waals surface area contributed by atoms with Gasteiger partial charge in [0.25, 0.3) is 10.0 Å². The summed E-state index contributed by atoms with van der Waals surface area (Å²) in [6.45, 7) is 4.77. The number of sulfonamides is 1. The van der Waals surface area contributed by atoms with Gasteiger partial charge in [-0.3, -0.25) is 0 Å². The maximum absolute atomic E-state index is 12.6. The molecular weight excluding hydrogens is 278 g/mol. The Labute approximate surface area is 119 Å². The highest BCUT2D eigenvalue weighted by atomic mass is 32.2. The Balaban J connectivity index is 2.30. The summed E-state index contributed by atoms with van der Waals surface area (Å²) >= 11 is 0. The van der Waals surface area contributed by atoms with Gasteiger partial charge in [-0.15, -0.1) is 0 Å². The Bertz CT molecular complexity index is 572. The fourth-order valence-corrected chi connectivity index (χ4v) is 3.86. The lowest BCUT2D eigenvalue weighted by Crippen LogP contribution is -2.34. The molecule has 0 aromatic carbocycles. The van der Waals surface area contributed by atoms with Crippen molar-refractivity contribution in [3.05, 3.63) is 18.3 Å². The van der Waals surface area contributed by atoms with Crippen LogP contribution in [-0.2, 0) is 10.0 Å². The zero-order chi connectivity index (χ0) is 14.8. The molecule has 2 heterocycles. The van der Waals surface area contributed by atoms with Crippen LogP contribution in [0.15, 0.2) is 23.4 Å². The number of aromatic nitrogens is 1. The zero-order valence-electron chi connectivity index (χ0n) is 11.8. The molecule has 1 aliphatic heterocycles. The lowest BCUT2D eigenvalue weighted by Gasteiger charge is -2.20. The van der Waals surface area contributed by atoms with E-state index in [9.17, 15) is 13.5 Å². The number of rotatable bonds is 5. The van der Waals surface area contributed by atoms with Gasteiger partial charge in [0.1, 0.15) is 0 Å². The lowest BCUT2D eigenvalue weighted by atomic mass is 10.1. The number of β-amino-alcohol motifs (C(OH)–C–C–N with tert-alkyl or cyclic N) is 1. The molecule has 0 aliphatic carbocycles. The smallest absolute Gasteiger partial charge is 0.262 e. The molecule has 1 fully saturated rings. The number of nitrogens with one attached hydrogen (secondary N) is 1. The third kappa shape index (κ3) is 3.11. The molecule has 0 spiro atoms. The van der Waals surface area contributed by atoms with Crippen LogP contribution in [0.4, 0.5) is 5.69 Å². The van der Waals surface area contributed by atoms with Crippen molar-refractivity contribution in [2.24, 2.45) is 0 Å². The van der Waals surface area contributed by atoms with Crippen LogP contribution in [0.3, 0.4) is 0 Å². The van der Waals surface area contributed by atoms with E-state index in [2.05, 4.69) is 10.3 Å². The first-order valence-corrected chi connectivity index (χ1v) is 8.22. The van der Waals surface area contributed by atoms with Gasteiger partial charge in [0, 0.05) is 25.8 Å². The highest BCUT2D eigenvalue weighted by Gasteiger charge is 2.39. The summed E-state index contributed by atoms with van der Waals surface area (Å²) in [5, 5.41) is 13.1. The molecule has 1 atom stereocenters. The van der Waals surface area contributed by atoms with Crippen molar-refractivity contribution < 1.29 is 13.5 Å². The standard InChI is InChI=1S/C13H21N3O3S/c1-3-7-14-11-5-4-8-15-12(11)20(18,19)16-9-6-13(2,17)10-16/h4-5,8,14,17H,3,6-7,9-10H2,1-2H3. The van der Waals surface area contributed by atoms with Gasteiger partial charge in [0.2, 0.25) is 0 Å². The van der Waals surface area contributed by atoms with Crippen LogP contribution in [0.25, 0.3) is 0 Å². The van der Waals surface area contributed by atoms with Gasteiger partial charge in [-0.2, -0.15) is 4.31 Å². The molecule has 0 bridgehead atoms. The van der Waals surface area contributed by atoms with E-state index in [1.807, 2.05) is 6.92 Å². The fraction of sp³-hybridized carbons (Fsp3) is 0.615. The van der Waals surface area contributed by atoms with Crippen molar-refractivity contribution in [2.75, 3.05) is 25.0 Å². The lowest BCUT2D eigenvalue weighted by molar-refractivity contribution is 0.0762. The number of pyridine rings is 1. The van der Waals surface area contributed by atoms with E-state index in [0.717, 1.165) is 6.42 Å². The summed E-state index contributed by atoms with van der Waals surface area (Å²) in [5.74, 6) is 0. The average Bonchev–Trinajstić information content (AvgIpc) is 2.78. The molecule has 2 N–H and O–H groups in total. The minimum Gasteiger partial charge on any atom is -0.389 e. The van der Waals surface area contributed by atoms with Gasteiger partial charge in [0.15, 0.2) is 5.03 Å². The molecule has 0 saturated carbocycles. The Hall–Kier alpha value is -1.18. The van der Waals surface area contributed by atoms with Gasteiger partial charge in [-0.05, 0) is 31.9 Å². The maximum atomic E-state index is 12.6. The molecule has 1 saturated heterocycles. The van der Waals surface area contributed by atoms with E-state index in [1.54, 1.807) is 19.1 Å². The van der Waals surface area contributed by atoms with Crippen LogP contribution in [0.2, 0.25) is 0 Å². The minimum absolute atomic E-state index is 0.0335. The topological polar surface area (TPSA) is 82.5 Å². The van der Waals surface area contributed by atoms with Crippen molar-refractivity contribution in [3.8, 4) is 0 Å². The van der Waals surface area contributed by atoms with E-state index in [0.29, 0.717) is 25.2 Å². The van der Waals surface area contributed by atoms with Crippen LogP contribution in [-0.4, -0.2) is 48.0 Å². The van der Waals surface area contributed by atoms with Crippen molar-refractivity contribution in [2.45, 2.75) is 37.3 Å². The summed E-state index contributed by atoms with van der Waals surface area (Å²) < 4.78 is 26.5. The predicted octanol–water partition coefficient (Wildman–Crippen LogP) is 1.05. The molecule has 112 valence electrons. The highest BCUT2D eigenvalue weighted by molar-refractivity contribution is 7.89. The molecule has 1 aromatic rings. The van der Waals surface area contributed by atoms with Crippen molar-refractivity contribution >= 4 is 15.7 Å². The molecule has 0 amide bonds. The second-order valence-electron chi connectivity index (χ2n) is 5.37. The van der Waals surface area contributed by atoms with E-state index in [-0.39, 0.29) is 11.6 Å². The van der Waals surface area contributed by atoms with Gasteiger partial charge in [-0.1, -0.05) is 6.92 Å². The third-order valence-corrected chi connectivity index (χ3v) is 5.14. The molecular formula is C13H21N3O3S. The highest BCUT2D eigenvalue weighted by Crippen LogP contribution is 2.28. The molecule has 1 aromatic heterocycles. The Morgan fingerprint density at radius 3 is 2.90 bits per heavy atom. The van der Waals surface area contributed by atoms with E-state index >= 15 is 0 Å². The molecule has 1 unspecified atom stereocenters. The SMILES string of the molecule is CCCNc1cccnc1S(=O)(=O)N1CCC(C)(O)C1. The van der Waals surface area contributed by atoms with Crippen molar-refractivity contribution in [3.63, 3.8) is 0 Å². The van der Waals surface area contributed by atoms with Crippen LogP contribution < -0.4 is 5.32 Å². The largest absolute Gasteiger partial charge is 0.389 e. The normalized spacial score (nSPS) is 23.9. The summed E-state index contributed by atoms with van der Waals surface area (Å²) in [6, 6.07) is 3.42. The molecule has 7 heteroatoms. The second-order valence-corrected chi connectivity index (χ2v) is 7.22. The first-order chi connectivity index (χ1) is 9.37. The summed E-state index contributed by atoms with van der Waals surface area (Å²) in [5.41, 5.74) is -0.445. The van der Waals surface area contributed by atoms with Gasteiger partial charge >= 0.3 is 0 Å². The zero-order valence-corrected chi connectivity index (χ0v) is 12.7. The quantitative estimate of drug-likeness (QED) is 0.849. The number of nitrogens with zero attached hydrogens (tertiary/aromatic N) is 2. The monoisotopic (exact) mass is 299 g/mol. The minimum atomic E-state index is -3.67. The Morgan fingerprint density at radius 2 is 2.30 bits per heavy atom. The first-order valence-electron chi connectivity index (χ1n) is 6.78. The second kappa shape index (κ2) is 5.67. The first kappa shape index (κ1) is 15.2. The fourth-order valence-electron chi connectivity index (χ4n) is 2.22. The van der Waals surface area contributed by atoms with E-state index < -0.39 is 15.6 Å². The van der Waals surface area contributed by atoms with Crippen molar-refractivity contribution in [1.82, 2.24) is 9.29 Å². The van der Waals surface area contributed by atoms with Crippen LogP contribution >= 0.6 is 0 Å². The molecule has 20 heavy (non-hydrogen) atoms. The molecule has 0 radical (unpaired) electrons. The molecule has 2 rings (SSSR count). The number of hydrogen-bond acceptors (Lipinski definition) is 5. The van der Waals surface area contributed by atoms with E-state index in [1.165, 1.54) is 10.5 Å². The van der Waals surface area contributed by atoms with Gasteiger partial charge in [-0.25, -0.2) is 13.4 Å².